The van der Waals surface area contributed by atoms with E-state index in [0.29, 0.717) is 4.90 Å². The molecule has 1 aromatic carbocycles. The van der Waals surface area contributed by atoms with E-state index >= 15 is 0 Å². The molecular formula is C14H16N4OS. The Morgan fingerprint density at radius 2 is 1.90 bits per heavy atom. The van der Waals surface area contributed by atoms with Gasteiger partial charge in [0.15, 0.2) is 11.0 Å². The maximum Gasteiger partial charge on any atom is 0.176 e. The smallest absolute Gasteiger partial charge is 0.176 e. The quantitative estimate of drug-likeness (QED) is 0.876. The number of nitrogens with one attached hydrogen (secondary N) is 1. The van der Waals surface area contributed by atoms with Gasteiger partial charge in [-0.3, -0.25) is 9.97 Å². The molecule has 1 aliphatic heterocycles. The molecular weight excluding hydrogens is 272 g/mol. The third-order valence-corrected chi connectivity index (χ3v) is 3.70. The SMILES string of the molecule is CC.Cc1nccnc1-c1ccc2c(c1)S(=O)N=CN2. The lowest BCUT2D eigenvalue weighted by Gasteiger charge is -2.12. The highest BCUT2D eigenvalue weighted by Crippen LogP contribution is 2.29. The van der Waals surface area contributed by atoms with Crippen molar-refractivity contribution in [3.63, 3.8) is 0 Å². The van der Waals surface area contributed by atoms with Gasteiger partial charge in [-0.25, -0.2) is 4.21 Å². The minimum Gasteiger partial charge on any atom is -0.345 e. The van der Waals surface area contributed by atoms with E-state index in [-0.39, 0.29) is 0 Å². The van der Waals surface area contributed by atoms with Crippen LogP contribution in [0.4, 0.5) is 5.69 Å². The van der Waals surface area contributed by atoms with Crippen LogP contribution >= 0.6 is 0 Å². The summed E-state index contributed by atoms with van der Waals surface area (Å²) < 4.78 is 15.6. The highest BCUT2D eigenvalue weighted by molar-refractivity contribution is 7.84. The van der Waals surface area contributed by atoms with Crippen LogP contribution < -0.4 is 5.32 Å². The number of nitrogens with zero attached hydrogens (tertiary/aromatic N) is 3. The largest absolute Gasteiger partial charge is 0.345 e. The minimum absolute atomic E-state index is 0.667. The van der Waals surface area contributed by atoms with E-state index in [2.05, 4.69) is 19.7 Å². The second-order valence-corrected chi connectivity index (χ2v) is 4.98. The minimum atomic E-state index is -1.35. The maximum absolute atomic E-state index is 11.8. The van der Waals surface area contributed by atoms with Gasteiger partial charge in [-0.1, -0.05) is 19.9 Å². The molecule has 1 N–H and O–H groups in total. The van der Waals surface area contributed by atoms with Crippen molar-refractivity contribution in [3.05, 3.63) is 36.3 Å². The van der Waals surface area contributed by atoms with Crippen LogP contribution in [-0.2, 0) is 11.0 Å². The van der Waals surface area contributed by atoms with Crippen molar-refractivity contribution in [2.24, 2.45) is 4.40 Å². The second-order valence-electron chi connectivity index (χ2n) is 3.83. The molecule has 3 rings (SSSR count). The van der Waals surface area contributed by atoms with Gasteiger partial charge in [-0.05, 0) is 19.1 Å². The molecule has 0 fully saturated rings. The number of benzene rings is 1. The molecule has 5 nitrogen and oxygen atoms in total. The van der Waals surface area contributed by atoms with E-state index in [1.54, 1.807) is 12.4 Å². The fraction of sp³-hybridized carbons (Fsp3) is 0.214. The van der Waals surface area contributed by atoms with E-state index in [0.717, 1.165) is 22.6 Å². The van der Waals surface area contributed by atoms with Gasteiger partial charge in [0.1, 0.15) is 6.34 Å². The van der Waals surface area contributed by atoms with Crippen molar-refractivity contribution < 1.29 is 4.21 Å². The molecule has 6 heteroatoms. The highest BCUT2D eigenvalue weighted by atomic mass is 32.2. The van der Waals surface area contributed by atoms with Crippen LogP contribution in [0.25, 0.3) is 11.3 Å². The Bertz CT molecular complexity index is 670. The average Bonchev–Trinajstić information content (AvgIpc) is 2.50. The van der Waals surface area contributed by atoms with Crippen LogP contribution in [0.15, 0.2) is 39.9 Å². The summed E-state index contributed by atoms with van der Waals surface area (Å²) in [6.45, 7) is 5.90. The first-order valence-corrected chi connectivity index (χ1v) is 7.49. The Balaban J connectivity index is 0.000000704. The molecule has 104 valence electrons. The molecule has 0 radical (unpaired) electrons. The lowest BCUT2D eigenvalue weighted by atomic mass is 10.1. The van der Waals surface area contributed by atoms with Crippen molar-refractivity contribution >= 4 is 23.0 Å². The molecule has 0 saturated carbocycles. The third-order valence-electron chi connectivity index (χ3n) is 2.69. The predicted molar refractivity (Wildman–Crippen MR) is 82.1 cm³/mol. The molecule has 0 bridgehead atoms. The molecule has 1 aromatic heterocycles. The molecule has 2 aromatic rings. The number of anilines is 1. The fourth-order valence-electron chi connectivity index (χ4n) is 1.82. The first-order chi connectivity index (χ1) is 9.75. The fourth-order valence-corrected chi connectivity index (χ4v) is 2.63. The van der Waals surface area contributed by atoms with Gasteiger partial charge in [-0.15, -0.1) is 0 Å². The number of rotatable bonds is 1. The lowest BCUT2D eigenvalue weighted by Crippen LogP contribution is -2.07. The second kappa shape index (κ2) is 6.38. The number of aryl methyl sites for hydroxylation is 1. The standard InChI is InChI=1S/C12H10N4OS.C2H6/c1-8-12(14-5-4-13-8)9-2-3-10-11(6-9)18(17)16-7-15-10;1-2/h2-7H,1H3,(H,15,16);1-2H3. The lowest BCUT2D eigenvalue weighted by molar-refractivity contribution is 0.684. The van der Waals surface area contributed by atoms with Gasteiger partial charge in [0.2, 0.25) is 0 Å². The third kappa shape index (κ3) is 2.75. The van der Waals surface area contributed by atoms with Gasteiger partial charge in [-0.2, -0.15) is 4.40 Å². The average molecular weight is 288 g/mol. The molecule has 1 atom stereocenters. The zero-order valence-electron chi connectivity index (χ0n) is 11.6. The maximum atomic E-state index is 11.8. The normalized spacial score (nSPS) is 15.7. The summed E-state index contributed by atoms with van der Waals surface area (Å²) >= 11 is 0. The molecule has 0 saturated heterocycles. The zero-order chi connectivity index (χ0) is 14.5. The monoisotopic (exact) mass is 288 g/mol. The van der Waals surface area contributed by atoms with E-state index < -0.39 is 11.0 Å². The molecule has 0 amide bonds. The summed E-state index contributed by atoms with van der Waals surface area (Å²) in [4.78, 5) is 9.17. The Hall–Kier alpha value is -2.08. The van der Waals surface area contributed by atoms with Gasteiger partial charge < -0.3 is 5.32 Å². The Labute approximate surface area is 120 Å². The topological polar surface area (TPSA) is 67.2 Å². The van der Waals surface area contributed by atoms with Crippen molar-refractivity contribution in [3.8, 4) is 11.3 Å². The summed E-state index contributed by atoms with van der Waals surface area (Å²) in [6.07, 6.45) is 4.75. The van der Waals surface area contributed by atoms with Gasteiger partial charge >= 0.3 is 0 Å². The summed E-state index contributed by atoms with van der Waals surface area (Å²) in [7, 11) is -1.35. The van der Waals surface area contributed by atoms with Crippen molar-refractivity contribution in [2.75, 3.05) is 5.32 Å². The highest BCUT2D eigenvalue weighted by Gasteiger charge is 2.15. The number of hydrogen-bond acceptors (Lipinski definition) is 4. The van der Waals surface area contributed by atoms with Gasteiger partial charge in [0, 0.05) is 18.0 Å². The van der Waals surface area contributed by atoms with Crippen LogP contribution in [0.3, 0.4) is 0 Å². The van der Waals surface area contributed by atoms with Crippen LogP contribution in [-0.4, -0.2) is 20.5 Å². The Morgan fingerprint density at radius 3 is 2.65 bits per heavy atom. The summed E-state index contributed by atoms with van der Waals surface area (Å²) in [5.41, 5.74) is 3.35. The van der Waals surface area contributed by atoms with Crippen molar-refractivity contribution in [1.82, 2.24) is 9.97 Å². The van der Waals surface area contributed by atoms with Crippen molar-refractivity contribution in [1.29, 1.82) is 0 Å². The van der Waals surface area contributed by atoms with Crippen molar-refractivity contribution in [2.45, 2.75) is 25.7 Å². The molecule has 0 spiro atoms. The number of hydrogen-bond donors (Lipinski definition) is 1. The molecule has 1 unspecified atom stereocenters. The molecule has 2 heterocycles. The first-order valence-electron chi connectivity index (χ1n) is 6.39. The van der Waals surface area contributed by atoms with Gasteiger partial charge in [0.25, 0.3) is 0 Å². The first kappa shape index (κ1) is 14.3. The summed E-state index contributed by atoms with van der Waals surface area (Å²) in [5.74, 6) is 0. The van der Waals surface area contributed by atoms with E-state index in [1.807, 2.05) is 39.0 Å². The molecule has 1 aliphatic rings. The predicted octanol–water partition coefficient (Wildman–Crippen LogP) is 2.95. The molecule has 20 heavy (non-hydrogen) atoms. The van der Waals surface area contributed by atoms with Crippen LogP contribution in [0.5, 0.6) is 0 Å². The van der Waals surface area contributed by atoms with E-state index in [4.69, 9.17) is 0 Å². The molecule has 0 aliphatic carbocycles. The Kier molecular flexibility index (Phi) is 4.57. The van der Waals surface area contributed by atoms with Gasteiger partial charge in [0.05, 0.1) is 22.0 Å². The summed E-state index contributed by atoms with van der Waals surface area (Å²) in [6, 6.07) is 5.65. The Morgan fingerprint density at radius 1 is 1.15 bits per heavy atom. The van der Waals surface area contributed by atoms with Crippen LogP contribution in [0.2, 0.25) is 0 Å². The zero-order valence-corrected chi connectivity index (χ0v) is 12.4. The number of aromatic nitrogens is 2. The van der Waals surface area contributed by atoms with Crippen LogP contribution in [0, 0.1) is 6.92 Å². The summed E-state index contributed by atoms with van der Waals surface area (Å²) in [5, 5.41) is 2.97. The number of fused-ring (bicyclic) bond motifs is 1. The van der Waals surface area contributed by atoms with Crippen LogP contribution in [0.1, 0.15) is 19.5 Å². The van der Waals surface area contributed by atoms with E-state index in [9.17, 15) is 4.21 Å². The van der Waals surface area contributed by atoms with E-state index in [1.165, 1.54) is 6.34 Å².